The summed E-state index contributed by atoms with van der Waals surface area (Å²) >= 11 is 0. The van der Waals surface area contributed by atoms with Gasteiger partial charge in [0.1, 0.15) is 11.9 Å². The van der Waals surface area contributed by atoms with E-state index in [0.29, 0.717) is 13.1 Å². The Bertz CT molecular complexity index is 865. The number of benzene rings is 1. The van der Waals surface area contributed by atoms with Crippen LogP contribution in [-0.2, 0) is 11.3 Å². The number of hydrogen-bond acceptors (Lipinski definition) is 6. The monoisotopic (exact) mass is 569 g/mol. The molecular weight excluding hydrogens is 533 g/mol. The molecule has 0 spiro atoms. The highest BCUT2D eigenvalue weighted by Gasteiger charge is 2.17. The summed E-state index contributed by atoms with van der Waals surface area (Å²) in [5.74, 6) is 3.18. The molecule has 1 aromatic carbocycles. The molecule has 3 rings (SSSR count). The molecule has 0 radical (unpaired) electrons. The molecular formula is C24H36IN5O3. The number of pyridine rings is 1. The van der Waals surface area contributed by atoms with Crippen LogP contribution in [0.15, 0.2) is 47.6 Å². The van der Waals surface area contributed by atoms with Crippen LogP contribution in [0.3, 0.4) is 0 Å². The molecule has 182 valence electrons. The van der Waals surface area contributed by atoms with Crippen molar-refractivity contribution in [1.29, 1.82) is 0 Å². The van der Waals surface area contributed by atoms with Crippen LogP contribution in [0, 0.1) is 0 Å². The van der Waals surface area contributed by atoms with E-state index in [4.69, 9.17) is 19.2 Å². The van der Waals surface area contributed by atoms with Gasteiger partial charge in [0.05, 0.1) is 32.9 Å². The van der Waals surface area contributed by atoms with Crippen LogP contribution < -0.4 is 25.0 Å². The zero-order valence-corrected chi connectivity index (χ0v) is 22.2. The molecule has 1 aliphatic rings. The number of nitrogens with zero attached hydrogens (tertiary/aromatic N) is 3. The molecule has 2 heterocycles. The second kappa shape index (κ2) is 14.1. The molecule has 9 heteroatoms. The fraction of sp³-hybridized carbons (Fsp3) is 0.500. The molecule has 0 amide bonds. The number of hydrogen-bond donors (Lipinski definition) is 2. The van der Waals surface area contributed by atoms with Crippen molar-refractivity contribution in [1.82, 2.24) is 15.6 Å². The Morgan fingerprint density at radius 1 is 1.24 bits per heavy atom. The summed E-state index contributed by atoms with van der Waals surface area (Å²) in [6, 6.07) is 11.8. The van der Waals surface area contributed by atoms with Crippen molar-refractivity contribution in [2.75, 3.05) is 44.8 Å². The first-order valence-electron chi connectivity index (χ1n) is 11.2. The van der Waals surface area contributed by atoms with E-state index in [1.807, 2.05) is 44.3 Å². The highest BCUT2D eigenvalue weighted by atomic mass is 127. The van der Waals surface area contributed by atoms with E-state index < -0.39 is 0 Å². The molecule has 2 aromatic rings. The molecule has 1 fully saturated rings. The highest BCUT2D eigenvalue weighted by molar-refractivity contribution is 14.0. The number of ether oxygens (including phenoxy) is 3. The molecule has 1 saturated heterocycles. The molecule has 33 heavy (non-hydrogen) atoms. The summed E-state index contributed by atoms with van der Waals surface area (Å²) in [6.07, 6.45) is 2.07. The lowest BCUT2D eigenvalue weighted by molar-refractivity contribution is 0.0529. The Morgan fingerprint density at radius 2 is 2.03 bits per heavy atom. The van der Waals surface area contributed by atoms with E-state index in [1.165, 1.54) is 0 Å². The Morgan fingerprint density at radius 3 is 2.70 bits per heavy atom. The molecule has 0 saturated carbocycles. The summed E-state index contributed by atoms with van der Waals surface area (Å²) in [6.45, 7) is 10.6. The SMILES string of the molecule is CCNC(=NCc1ccc(N2CCOC(C)C2)nc1)NCC(C)Oc1ccccc1OC.I. The first kappa shape index (κ1) is 27.0. The zero-order chi connectivity index (χ0) is 22.8. The summed E-state index contributed by atoms with van der Waals surface area (Å²) in [5.41, 5.74) is 1.06. The number of methoxy groups -OCH3 is 1. The van der Waals surface area contributed by atoms with Crippen LogP contribution in [0.5, 0.6) is 11.5 Å². The van der Waals surface area contributed by atoms with Gasteiger partial charge < -0.3 is 29.7 Å². The van der Waals surface area contributed by atoms with Crippen LogP contribution in [0.4, 0.5) is 5.82 Å². The maximum Gasteiger partial charge on any atom is 0.191 e. The minimum Gasteiger partial charge on any atom is -0.493 e. The third kappa shape index (κ3) is 8.54. The standard InChI is InChI=1S/C24H35N5O3.HI/c1-5-25-24(27-14-18(2)32-22-9-7-6-8-21(22)30-4)28-16-20-10-11-23(26-15-20)29-12-13-31-19(3)17-29;/h6-11,15,18-19H,5,12-14,16-17H2,1-4H3,(H2,25,27,28);1H. The van der Waals surface area contributed by atoms with E-state index in [2.05, 4.69) is 39.6 Å². The third-order valence-corrected chi connectivity index (χ3v) is 5.09. The van der Waals surface area contributed by atoms with Gasteiger partial charge in [-0.1, -0.05) is 18.2 Å². The number of aliphatic imine (C=N–C) groups is 1. The van der Waals surface area contributed by atoms with Gasteiger partial charge in [-0.15, -0.1) is 24.0 Å². The fourth-order valence-corrected chi connectivity index (χ4v) is 3.45. The summed E-state index contributed by atoms with van der Waals surface area (Å²) in [7, 11) is 1.64. The van der Waals surface area contributed by atoms with Gasteiger partial charge >= 0.3 is 0 Å². The number of morpholine rings is 1. The number of anilines is 1. The molecule has 2 unspecified atom stereocenters. The van der Waals surface area contributed by atoms with E-state index in [-0.39, 0.29) is 36.2 Å². The Kier molecular flexibility index (Phi) is 11.5. The summed E-state index contributed by atoms with van der Waals surface area (Å²) in [4.78, 5) is 11.6. The first-order valence-corrected chi connectivity index (χ1v) is 11.2. The zero-order valence-electron chi connectivity index (χ0n) is 19.9. The minimum absolute atomic E-state index is 0. The first-order chi connectivity index (χ1) is 15.6. The van der Waals surface area contributed by atoms with E-state index >= 15 is 0 Å². The van der Waals surface area contributed by atoms with E-state index in [9.17, 15) is 0 Å². The topological polar surface area (TPSA) is 80.2 Å². The second-order valence-electron chi connectivity index (χ2n) is 7.81. The van der Waals surface area contributed by atoms with Crippen LogP contribution in [0.25, 0.3) is 0 Å². The van der Waals surface area contributed by atoms with E-state index in [1.54, 1.807) is 7.11 Å². The van der Waals surface area contributed by atoms with Gasteiger partial charge in [0.15, 0.2) is 17.5 Å². The van der Waals surface area contributed by atoms with Gasteiger partial charge in [0.25, 0.3) is 0 Å². The largest absolute Gasteiger partial charge is 0.493 e. The maximum atomic E-state index is 6.01. The Hall–Kier alpha value is -2.27. The van der Waals surface area contributed by atoms with Gasteiger partial charge in [0.2, 0.25) is 0 Å². The Labute approximate surface area is 214 Å². The maximum absolute atomic E-state index is 6.01. The Balaban J connectivity index is 0.00000385. The van der Waals surface area contributed by atoms with Crippen molar-refractivity contribution in [3.8, 4) is 11.5 Å². The molecule has 1 aliphatic heterocycles. The normalized spacial score (nSPS) is 17.0. The van der Waals surface area contributed by atoms with Crippen molar-refractivity contribution < 1.29 is 14.2 Å². The highest BCUT2D eigenvalue weighted by Crippen LogP contribution is 2.26. The van der Waals surface area contributed by atoms with Crippen molar-refractivity contribution >= 4 is 35.8 Å². The average molecular weight is 569 g/mol. The number of nitrogens with one attached hydrogen (secondary N) is 2. The third-order valence-electron chi connectivity index (χ3n) is 5.09. The number of halogens is 1. The van der Waals surface area contributed by atoms with Gasteiger partial charge in [-0.25, -0.2) is 9.98 Å². The fourth-order valence-electron chi connectivity index (χ4n) is 3.45. The molecule has 0 bridgehead atoms. The van der Waals surface area contributed by atoms with Crippen LogP contribution in [0.1, 0.15) is 26.3 Å². The van der Waals surface area contributed by atoms with E-state index in [0.717, 1.165) is 55.1 Å². The van der Waals surface area contributed by atoms with Crippen LogP contribution in [-0.4, -0.2) is 63.0 Å². The van der Waals surface area contributed by atoms with Gasteiger partial charge in [-0.05, 0) is 44.5 Å². The number of para-hydroxylation sites is 2. The number of guanidine groups is 1. The van der Waals surface area contributed by atoms with Gasteiger partial charge in [-0.2, -0.15) is 0 Å². The lowest BCUT2D eigenvalue weighted by Crippen LogP contribution is -2.41. The van der Waals surface area contributed by atoms with Crippen LogP contribution in [0.2, 0.25) is 0 Å². The van der Waals surface area contributed by atoms with Gasteiger partial charge in [-0.3, -0.25) is 0 Å². The second-order valence-corrected chi connectivity index (χ2v) is 7.81. The molecule has 8 nitrogen and oxygen atoms in total. The molecule has 2 atom stereocenters. The lowest BCUT2D eigenvalue weighted by atomic mass is 10.2. The molecule has 2 N–H and O–H groups in total. The lowest BCUT2D eigenvalue weighted by Gasteiger charge is -2.32. The minimum atomic E-state index is -0.0629. The summed E-state index contributed by atoms with van der Waals surface area (Å²) in [5, 5.41) is 6.63. The van der Waals surface area contributed by atoms with Crippen molar-refractivity contribution in [3.63, 3.8) is 0 Å². The smallest absolute Gasteiger partial charge is 0.191 e. The van der Waals surface area contributed by atoms with Crippen molar-refractivity contribution in [3.05, 3.63) is 48.2 Å². The van der Waals surface area contributed by atoms with Crippen molar-refractivity contribution in [2.24, 2.45) is 4.99 Å². The predicted molar refractivity (Wildman–Crippen MR) is 143 cm³/mol. The van der Waals surface area contributed by atoms with Crippen molar-refractivity contribution in [2.45, 2.75) is 39.5 Å². The quantitative estimate of drug-likeness (QED) is 0.272. The average Bonchev–Trinajstić information content (AvgIpc) is 2.81. The predicted octanol–water partition coefficient (Wildman–Crippen LogP) is 3.46. The summed E-state index contributed by atoms with van der Waals surface area (Å²) < 4.78 is 17.0. The number of aromatic nitrogens is 1. The van der Waals surface area contributed by atoms with Gasteiger partial charge in [0, 0.05) is 25.8 Å². The van der Waals surface area contributed by atoms with Crippen LogP contribution >= 0.6 is 24.0 Å². The number of rotatable bonds is 9. The molecule has 1 aromatic heterocycles. The molecule has 0 aliphatic carbocycles.